The van der Waals surface area contributed by atoms with Crippen LogP contribution in [0.5, 0.6) is 0 Å². The van der Waals surface area contributed by atoms with Gasteiger partial charge in [-0.05, 0) is 37.4 Å². The standard InChI is InChI=1S/C13H20O4S/c14-11(15)13(3-1-7-18-13)10-2-5-17-12(8-10)4-6-16-9-12/h10H,1-9H2,(H,14,15). The maximum Gasteiger partial charge on any atom is 0.320 e. The van der Waals surface area contributed by atoms with Crippen LogP contribution < -0.4 is 0 Å². The van der Waals surface area contributed by atoms with Gasteiger partial charge in [-0.2, -0.15) is 0 Å². The van der Waals surface area contributed by atoms with Gasteiger partial charge < -0.3 is 14.6 Å². The van der Waals surface area contributed by atoms with E-state index in [-0.39, 0.29) is 11.5 Å². The van der Waals surface area contributed by atoms with E-state index in [4.69, 9.17) is 9.47 Å². The molecule has 5 heteroatoms. The maximum absolute atomic E-state index is 11.7. The zero-order chi connectivity index (χ0) is 12.6. The van der Waals surface area contributed by atoms with Gasteiger partial charge in [-0.1, -0.05) is 0 Å². The first-order chi connectivity index (χ1) is 8.67. The van der Waals surface area contributed by atoms with Gasteiger partial charge in [-0.15, -0.1) is 11.8 Å². The minimum absolute atomic E-state index is 0.186. The van der Waals surface area contributed by atoms with Crippen LogP contribution in [0.4, 0.5) is 0 Å². The lowest BCUT2D eigenvalue weighted by atomic mass is 9.76. The quantitative estimate of drug-likeness (QED) is 0.832. The molecule has 0 aliphatic carbocycles. The fourth-order valence-electron chi connectivity index (χ4n) is 3.62. The third-order valence-corrected chi connectivity index (χ3v) is 6.35. The summed E-state index contributed by atoms with van der Waals surface area (Å²) in [5.41, 5.74) is -0.186. The highest BCUT2D eigenvalue weighted by molar-refractivity contribution is 8.01. The molecule has 3 heterocycles. The highest BCUT2D eigenvalue weighted by Gasteiger charge is 2.53. The Labute approximate surface area is 111 Å². The number of ether oxygens (including phenoxy) is 2. The number of thioether (sulfide) groups is 1. The second kappa shape index (κ2) is 4.69. The van der Waals surface area contributed by atoms with E-state index in [0.717, 1.165) is 44.5 Å². The molecule has 0 aromatic carbocycles. The fraction of sp³-hybridized carbons (Fsp3) is 0.923. The number of carboxylic acid groups (broad SMARTS) is 1. The molecule has 4 nitrogen and oxygen atoms in total. The van der Waals surface area contributed by atoms with Crippen LogP contribution in [0, 0.1) is 5.92 Å². The van der Waals surface area contributed by atoms with Crippen LogP contribution in [-0.4, -0.2) is 47.0 Å². The van der Waals surface area contributed by atoms with Crippen molar-refractivity contribution in [3.8, 4) is 0 Å². The van der Waals surface area contributed by atoms with E-state index < -0.39 is 10.7 Å². The van der Waals surface area contributed by atoms with Gasteiger partial charge in [0.1, 0.15) is 4.75 Å². The van der Waals surface area contributed by atoms with Crippen LogP contribution in [0.1, 0.15) is 32.1 Å². The second-order valence-corrected chi connectivity index (χ2v) is 7.10. The normalized spacial score (nSPS) is 44.6. The number of aliphatic carboxylic acids is 1. The van der Waals surface area contributed by atoms with Crippen molar-refractivity contribution in [2.75, 3.05) is 25.6 Å². The predicted molar refractivity (Wildman–Crippen MR) is 68.9 cm³/mol. The summed E-state index contributed by atoms with van der Waals surface area (Å²) in [5, 5.41) is 9.65. The Morgan fingerprint density at radius 2 is 2.22 bits per heavy atom. The van der Waals surface area contributed by atoms with Crippen LogP contribution in [-0.2, 0) is 14.3 Å². The minimum atomic E-state index is -0.619. The largest absolute Gasteiger partial charge is 0.480 e. The van der Waals surface area contributed by atoms with E-state index >= 15 is 0 Å². The summed E-state index contributed by atoms with van der Waals surface area (Å²) >= 11 is 1.65. The number of hydrogen-bond acceptors (Lipinski definition) is 4. The van der Waals surface area contributed by atoms with Crippen molar-refractivity contribution in [2.24, 2.45) is 5.92 Å². The van der Waals surface area contributed by atoms with Gasteiger partial charge in [0.2, 0.25) is 0 Å². The predicted octanol–water partition coefficient (Wildman–Crippen LogP) is 1.92. The summed E-state index contributed by atoms with van der Waals surface area (Å²) in [5.74, 6) is 0.594. The van der Waals surface area contributed by atoms with Gasteiger partial charge in [0, 0.05) is 19.6 Å². The molecule has 3 fully saturated rings. The van der Waals surface area contributed by atoms with E-state index in [1.165, 1.54) is 0 Å². The van der Waals surface area contributed by atoms with Crippen LogP contribution in [0.25, 0.3) is 0 Å². The number of carboxylic acids is 1. The third kappa shape index (κ3) is 1.96. The van der Waals surface area contributed by atoms with Crippen molar-refractivity contribution < 1.29 is 19.4 Å². The zero-order valence-corrected chi connectivity index (χ0v) is 11.3. The van der Waals surface area contributed by atoms with E-state index in [0.29, 0.717) is 13.2 Å². The average molecular weight is 272 g/mol. The Morgan fingerprint density at radius 1 is 1.33 bits per heavy atom. The SMILES string of the molecule is O=C(O)C1(C2CCOC3(CCOC3)C2)CCCS1. The third-order valence-electron chi connectivity index (χ3n) is 4.63. The van der Waals surface area contributed by atoms with E-state index in [2.05, 4.69) is 0 Å². The summed E-state index contributed by atoms with van der Waals surface area (Å²) in [6, 6.07) is 0. The molecule has 0 radical (unpaired) electrons. The molecule has 1 spiro atoms. The minimum Gasteiger partial charge on any atom is -0.480 e. The monoisotopic (exact) mass is 272 g/mol. The van der Waals surface area contributed by atoms with Gasteiger partial charge in [0.15, 0.2) is 0 Å². The lowest BCUT2D eigenvalue weighted by Crippen LogP contribution is -2.50. The Bertz CT molecular complexity index is 332. The summed E-state index contributed by atoms with van der Waals surface area (Å²) in [6.45, 7) is 2.08. The van der Waals surface area contributed by atoms with Gasteiger partial charge in [0.25, 0.3) is 0 Å². The second-order valence-electron chi connectivity index (χ2n) is 5.67. The van der Waals surface area contributed by atoms with E-state index in [9.17, 15) is 9.90 Å². The fourth-order valence-corrected chi connectivity index (χ4v) is 5.12. The first-order valence-corrected chi connectivity index (χ1v) is 7.75. The number of hydrogen-bond donors (Lipinski definition) is 1. The number of carbonyl (C=O) groups is 1. The molecule has 3 aliphatic rings. The topological polar surface area (TPSA) is 55.8 Å². The van der Waals surface area contributed by atoms with Crippen molar-refractivity contribution in [3.05, 3.63) is 0 Å². The van der Waals surface area contributed by atoms with Crippen LogP contribution >= 0.6 is 11.8 Å². The zero-order valence-electron chi connectivity index (χ0n) is 10.5. The molecule has 1 N–H and O–H groups in total. The molecule has 0 bridgehead atoms. The maximum atomic E-state index is 11.7. The van der Waals surface area contributed by atoms with Crippen molar-refractivity contribution in [3.63, 3.8) is 0 Å². The Kier molecular flexibility index (Phi) is 3.32. The molecule has 3 unspecified atom stereocenters. The molecular weight excluding hydrogens is 252 g/mol. The van der Waals surface area contributed by atoms with E-state index in [1.54, 1.807) is 11.8 Å². The highest BCUT2D eigenvalue weighted by atomic mass is 32.2. The smallest absolute Gasteiger partial charge is 0.320 e. The van der Waals surface area contributed by atoms with Crippen LogP contribution in [0.15, 0.2) is 0 Å². The lowest BCUT2D eigenvalue weighted by molar-refractivity contribution is -0.147. The van der Waals surface area contributed by atoms with Gasteiger partial charge in [-0.3, -0.25) is 4.79 Å². The summed E-state index contributed by atoms with van der Waals surface area (Å²) in [6.07, 6.45) is 4.49. The van der Waals surface area contributed by atoms with Gasteiger partial charge >= 0.3 is 5.97 Å². The first kappa shape index (κ1) is 12.8. The van der Waals surface area contributed by atoms with Crippen molar-refractivity contribution >= 4 is 17.7 Å². The average Bonchev–Trinajstić information content (AvgIpc) is 2.99. The van der Waals surface area contributed by atoms with Crippen LogP contribution in [0.3, 0.4) is 0 Å². The molecule has 102 valence electrons. The molecule has 3 aliphatic heterocycles. The number of rotatable bonds is 2. The molecule has 0 amide bonds. The van der Waals surface area contributed by atoms with Crippen molar-refractivity contribution in [1.29, 1.82) is 0 Å². The van der Waals surface area contributed by atoms with Crippen molar-refractivity contribution in [2.45, 2.75) is 42.5 Å². The molecule has 0 aromatic rings. The molecule has 3 saturated heterocycles. The van der Waals surface area contributed by atoms with Crippen LogP contribution in [0.2, 0.25) is 0 Å². The van der Waals surface area contributed by atoms with Gasteiger partial charge in [0.05, 0.1) is 12.2 Å². The molecule has 3 rings (SSSR count). The lowest BCUT2D eigenvalue weighted by Gasteiger charge is -2.43. The molecule has 3 atom stereocenters. The summed E-state index contributed by atoms with van der Waals surface area (Å²) in [4.78, 5) is 11.7. The summed E-state index contributed by atoms with van der Waals surface area (Å²) in [7, 11) is 0. The molecule has 18 heavy (non-hydrogen) atoms. The Morgan fingerprint density at radius 3 is 2.83 bits per heavy atom. The molecule has 0 aromatic heterocycles. The summed E-state index contributed by atoms with van der Waals surface area (Å²) < 4.78 is 10.8. The van der Waals surface area contributed by atoms with Crippen molar-refractivity contribution in [1.82, 2.24) is 0 Å². The Balaban J connectivity index is 1.80. The van der Waals surface area contributed by atoms with Gasteiger partial charge in [-0.25, -0.2) is 0 Å². The molecule has 0 saturated carbocycles. The molecular formula is C13H20O4S. The highest BCUT2D eigenvalue weighted by Crippen LogP contribution is 2.51. The first-order valence-electron chi connectivity index (χ1n) is 6.76. The Hall–Kier alpha value is -0.260. The van der Waals surface area contributed by atoms with E-state index in [1.807, 2.05) is 0 Å².